The Morgan fingerprint density at radius 3 is 2.82 bits per heavy atom. The number of thioether (sulfide) groups is 1. The summed E-state index contributed by atoms with van der Waals surface area (Å²) in [5.74, 6) is 0.646. The second-order valence-electron chi connectivity index (χ2n) is 6.37. The molecule has 5 nitrogen and oxygen atoms in total. The number of carbonyl (C=O) groups is 1. The average molecular weight is 427 g/mol. The van der Waals surface area contributed by atoms with Crippen LogP contribution in [-0.4, -0.2) is 20.9 Å². The molecule has 0 N–H and O–H groups in total. The van der Waals surface area contributed by atoms with Crippen molar-refractivity contribution in [2.45, 2.75) is 31.6 Å². The summed E-state index contributed by atoms with van der Waals surface area (Å²) < 4.78 is 0. The Balaban J connectivity index is 1.57. The van der Waals surface area contributed by atoms with E-state index in [-0.39, 0.29) is 5.91 Å². The summed E-state index contributed by atoms with van der Waals surface area (Å²) in [5, 5.41) is 6.76. The molecule has 0 unspecified atom stereocenters. The van der Waals surface area contributed by atoms with Gasteiger partial charge in [0.15, 0.2) is 5.13 Å². The summed E-state index contributed by atoms with van der Waals surface area (Å²) in [4.78, 5) is 28.4. The number of nitrogens with zero attached hydrogens (tertiary/aromatic N) is 4. The van der Waals surface area contributed by atoms with E-state index in [4.69, 9.17) is 4.98 Å². The minimum absolute atomic E-state index is 0.0451. The van der Waals surface area contributed by atoms with E-state index in [2.05, 4.69) is 16.0 Å². The van der Waals surface area contributed by atoms with Gasteiger partial charge >= 0.3 is 0 Å². The number of amides is 1. The van der Waals surface area contributed by atoms with E-state index in [9.17, 15) is 4.79 Å². The van der Waals surface area contributed by atoms with Gasteiger partial charge in [0.1, 0.15) is 16.2 Å². The van der Waals surface area contributed by atoms with Crippen molar-refractivity contribution in [1.82, 2.24) is 15.0 Å². The zero-order valence-corrected chi connectivity index (χ0v) is 18.1. The van der Waals surface area contributed by atoms with Crippen molar-refractivity contribution in [3.63, 3.8) is 0 Å². The number of aryl methyl sites for hydroxylation is 2. The van der Waals surface area contributed by atoms with Crippen molar-refractivity contribution in [3.8, 4) is 0 Å². The molecule has 0 atom stereocenters. The monoisotopic (exact) mass is 426 g/mol. The molecule has 0 radical (unpaired) electrons. The summed E-state index contributed by atoms with van der Waals surface area (Å²) in [6.45, 7) is 5.64. The lowest BCUT2D eigenvalue weighted by atomic mass is 10.1. The van der Waals surface area contributed by atoms with Crippen LogP contribution in [0.15, 0.2) is 46.4 Å². The van der Waals surface area contributed by atoms with E-state index in [0.717, 1.165) is 32.2 Å². The Kier molecular flexibility index (Phi) is 5.43. The predicted molar refractivity (Wildman–Crippen MR) is 118 cm³/mol. The molecule has 0 fully saturated rings. The molecular formula is C20H18N4OS3. The number of aromatic nitrogens is 3. The fourth-order valence-corrected chi connectivity index (χ4v) is 5.61. The minimum Gasteiger partial charge on any atom is -0.274 e. The minimum atomic E-state index is -0.0451. The predicted octanol–water partition coefficient (Wildman–Crippen LogP) is 5.74. The van der Waals surface area contributed by atoms with Crippen LogP contribution >= 0.6 is 34.4 Å². The maximum Gasteiger partial charge on any atom is 0.230 e. The first-order chi connectivity index (χ1) is 13.5. The SMILES string of the molecule is CC(=O)N(c1nc(CSc2ncnc3sccc23)cs1)c1ccc(C)cc1C. The van der Waals surface area contributed by atoms with Crippen LogP contribution < -0.4 is 4.90 Å². The molecule has 0 aliphatic carbocycles. The smallest absolute Gasteiger partial charge is 0.230 e. The third-order valence-electron chi connectivity index (χ3n) is 4.22. The number of rotatable bonds is 5. The molecule has 3 aromatic heterocycles. The average Bonchev–Trinajstić information content (AvgIpc) is 3.31. The van der Waals surface area contributed by atoms with Crippen molar-refractivity contribution < 1.29 is 4.79 Å². The van der Waals surface area contributed by atoms with Gasteiger partial charge < -0.3 is 0 Å². The Bertz CT molecular complexity index is 1150. The number of hydrogen-bond donors (Lipinski definition) is 0. The largest absolute Gasteiger partial charge is 0.274 e. The molecule has 0 saturated heterocycles. The van der Waals surface area contributed by atoms with Crippen LogP contribution in [0, 0.1) is 13.8 Å². The van der Waals surface area contributed by atoms with Gasteiger partial charge in [-0.25, -0.2) is 15.0 Å². The number of hydrogen-bond acceptors (Lipinski definition) is 7. The van der Waals surface area contributed by atoms with Crippen LogP contribution in [0.1, 0.15) is 23.7 Å². The summed E-state index contributed by atoms with van der Waals surface area (Å²) in [7, 11) is 0. The lowest BCUT2D eigenvalue weighted by molar-refractivity contribution is -0.115. The van der Waals surface area contributed by atoms with E-state index in [1.54, 1.807) is 41.2 Å². The summed E-state index contributed by atoms with van der Waals surface area (Å²) in [5.41, 5.74) is 4.04. The molecule has 4 aromatic rings. The lowest BCUT2D eigenvalue weighted by Gasteiger charge is -2.20. The van der Waals surface area contributed by atoms with E-state index in [1.807, 2.05) is 42.8 Å². The molecule has 1 aromatic carbocycles. The molecule has 0 spiro atoms. The molecule has 0 aliphatic heterocycles. The van der Waals surface area contributed by atoms with Crippen molar-refractivity contribution in [2.24, 2.45) is 0 Å². The van der Waals surface area contributed by atoms with Crippen molar-refractivity contribution in [3.05, 3.63) is 58.2 Å². The summed E-state index contributed by atoms with van der Waals surface area (Å²) in [6, 6.07) is 8.13. The first-order valence-corrected chi connectivity index (χ1v) is 11.4. The van der Waals surface area contributed by atoms with Gasteiger partial charge in [-0.05, 0) is 36.9 Å². The Labute approximate surface area is 175 Å². The molecule has 142 valence electrons. The highest BCUT2D eigenvalue weighted by Gasteiger charge is 2.20. The standard InChI is InChI=1S/C20H18N4OS3/c1-12-4-5-17(13(2)8-12)24(14(3)25)20-23-15(10-28-20)9-27-19-16-6-7-26-18(16)21-11-22-19/h4-8,10-11H,9H2,1-3H3. The van der Waals surface area contributed by atoms with Gasteiger partial charge in [-0.15, -0.1) is 22.7 Å². The van der Waals surface area contributed by atoms with E-state index in [1.165, 1.54) is 16.9 Å². The third kappa shape index (κ3) is 3.80. The number of anilines is 2. The van der Waals surface area contributed by atoms with E-state index < -0.39 is 0 Å². The number of carbonyl (C=O) groups excluding carboxylic acids is 1. The third-order valence-corrected chi connectivity index (χ3v) is 6.96. The second-order valence-corrected chi connectivity index (χ2v) is 9.07. The zero-order valence-electron chi connectivity index (χ0n) is 15.7. The fourth-order valence-electron chi connectivity index (χ4n) is 2.95. The quantitative estimate of drug-likeness (QED) is 0.301. The highest BCUT2D eigenvalue weighted by Crippen LogP contribution is 2.34. The zero-order chi connectivity index (χ0) is 19.7. The van der Waals surface area contributed by atoms with Gasteiger partial charge in [0.25, 0.3) is 0 Å². The van der Waals surface area contributed by atoms with Gasteiger partial charge in [0, 0.05) is 23.4 Å². The molecule has 3 heterocycles. The Hall–Kier alpha value is -2.29. The van der Waals surface area contributed by atoms with Crippen molar-refractivity contribution >= 4 is 61.4 Å². The highest BCUT2D eigenvalue weighted by molar-refractivity contribution is 7.98. The van der Waals surface area contributed by atoms with E-state index in [0.29, 0.717) is 10.9 Å². The summed E-state index contributed by atoms with van der Waals surface area (Å²) >= 11 is 4.73. The number of thiophene rings is 1. The van der Waals surface area contributed by atoms with Crippen LogP contribution in [0.5, 0.6) is 0 Å². The molecular weight excluding hydrogens is 408 g/mol. The maximum atomic E-state index is 12.4. The molecule has 28 heavy (non-hydrogen) atoms. The normalized spacial score (nSPS) is 11.1. The Morgan fingerprint density at radius 1 is 1.18 bits per heavy atom. The molecule has 1 amide bonds. The van der Waals surface area contributed by atoms with Crippen LogP contribution in [0.25, 0.3) is 10.2 Å². The maximum absolute atomic E-state index is 12.4. The fraction of sp³-hybridized carbons (Fsp3) is 0.200. The topological polar surface area (TPSA) is 59.0 Å². The number of fused-ring (bicyclic) bond motifs is 1. The molecule has 0 saturated carbocycles. The van der Waals surface area contributed by atoms with Crippen LogP contribution in [0.4, 0.5) is 10.8 Å². The number of thiazole rings is 1. The molecule has 0 aliphatic rings. The van der Waals surface area contributed by atoms with Crippen LogP contribution in [-0.2, 0) is 10.5 Å². The Morgan fingerprint density at radius 2 is 2.04 bits per heavy atom. The van der Waals surface area contributed by atoms with Crippen molar-refractivity contribution in [2.75, 3.05) is 4.90 Å². The van der Waals surface area contributed by atoms with Gasteiger partial charge in [-0.3, -0.25) is 9.69 Å². The van der Waals surface area contributed by atoms with Crippen LogP contribution in [0.2, 0.25) is 0 Å². The first-order valence-electron chi connectivity index (χ1n) is 8.66. The molecule has 4 rings (SSSR count). The van der Waals surface area contributed by atoms with Gasteiger partial charge in [0.2, 0.25) is 5.91 Å². The van der Waals surface area contributed by atoms with Gasteiger partial charge in [-0.2, -0.15) is 0 Å². The summed E-state index contributed by atoms with van der Waals surface area (Å²) in [6.07, 6.45) is 1.60. The second kappa shape index (κ2) is 7.98. The lowest BCUT2D eigenvalue weighted by Crippen LogP contribution is -2.23. The molecule has 0 bridgehead atoms. The van der Waals surface area contributed by atoms with Gasteiger partial charge in [-0.1, -0.05) is 29.5 Å². The highest BCUT2D eigenvalue weighted by atomic mass is 32.2. The van der Waals surface area contributed by atoms with Gasteiger partial charge in [0.05, 0.1) is 11.4 Å². The number of benzene rings is 1. The van der Waals surface area contributed by atoms with E-state index >= 15 is 0 Å². The van der Waals surface area contributed by atoms with Crippen LogP contribution in [0.3, 0.4) is 0 Å². The molecule has 8 heteroatoms. The first kappa shape index (κ1) is 19.0. The van der Waals surface area contributed by atoms with Crippen molar-refractivity contribution in [1.29, 1.82) is 0 Å².